The van der Waals surface area contributed by atoms with Crippen LogP contribution in [-0.2, 0) is 23.8 Å². The smallest absolute Gasteiger partial charge is 0.417 e. The van der Waals surface area contributed by atoms with Gasteiger partial charge in [0.25, 0.3) is 0 Å². The number of thioether (sulfide) groups is 1. The number of hydrogen-bond donors (Lipinski definition) is 4. The summed E-state index contributed by atoms with van der Waals surface area (Å²) in [7, 11) is 0. The van der Waals surface area contributed by atoms with E-state index in [1.54, 1.807) is 72.1 Å². The molecule has 250 valence electrons. The van der Waals surface area contributed by atoms with Crippen molar-refractivity contribution in [1.29, 1.82) is 0 Å². The Morgan fingerprint density at radius 3 is 2.37 bits per heavy atom. The van der Waals surface area contributed by atoms with Crippen LogP contribution in [0.15, 0.2) is 30.3 Å². The number of cyclic esters (lactones) is 1. The maximum atomic E-state index is 14.2. The predicted octanol–water partition coefficient (Wildman–Crippen LogP) is 2.39. The van der Waals surface area contributed by atoms with E-state index in [0.29, 0.717) is 5.56 Å². The first-order chi connectivity index (χ1) is 21.6. The summed E-state index contributed by atoms with van der Waals surface area (Å²) >= 11 is 1.06. The number of benzene rings is 1. The average Bonchev–Trinajstić information content (AvgIpc) is 3.28. The monoisotopic (exact) mass is 659 g/mol. The summed E-state index contributed by atoms with van der Waals surface area (Å²) in [6.07, 6.45) is -0.826. The predicted molar refractivity (Wildman–Crippen MR) is 170 cm³/mol. The Labute approximate surface area is 271 Å². The summed E-state index contributed by atoms with van der Waals surface area (Å²) in [5.41, 5.74) is 11.8. The Bertz CT molecular complexity index is 1450. The van der Waals surface area contributed by atoms with Crippen molar-refractivity contribution in [2.75, 3.05) is 25.1 Å². The van der Waals surface area contributed by atoms with Crippen molar-refractivity contribution in [3.63, 3.8) is 0 Å². The van der Waals surface area contributed by atoms with Crippen molar-refractivity contribution >= 4 is 47.5 Å². The SMILES string of the molecule is CCOC(=O)c1nc([C@@H](NC[C@H](NC(=O)OC(C)(C)C)C(N)=O)[C@@H](SC)C(=O)N2C(=O)O[C@H](c3ccccc3)[C@@H]2C)nc(N)c1C. The van der Waals surface area contributed by atoms with E-state index >= 15 is 0 Å². The van der Waals surface area contributed by atoms with Crippen molar-refractivity contribution < 1.29 is 38.2 Å². The number of nitrogen functional groups attached to an aromatic ring is 1. The Kier molecular flexibility index (Phi) is 11.9. The molecule has 1 fully saturated rings. The highest BCUT2D eigenvalue weighted by atomic mass is 32.2. The molecular formula is C30H41N7O8S. The van der Waals surface area contributed by atoms with E-state index in [0.717, 1.165) is 16.7 Å². The van der Waals surface area contributed by atoms with Crippen molar-refractivity contribution in [2.45, 2.75) is 76.6 Å². The Balaban J connectivity index is 2.03. The molecule has 0 bridgehead atoms. The van der Waals surface area contributed by atoms with E-state index in [1.807, 2.05) is 6.07 Å². The van der Waals surface area contributed by atoms with E-state index in [2.05, 4.69) is 20.6 Å². The van der Waals surface area contributed by atoms with Gasteiger partial charge >= 0.3 is 18.2 Å². The molecule has 5 atom stereocenters. The molecule has 1 saturated heterocycles. The van der Waals surface area contributed by atoms with Gasteiger partial charge in [-0.15, -0.1) is 11.8 Å². The molecule has 4 amide bonds. The highest BCUT2D eigenvalue weighted by Gasteiger charge is 2.47. The van der Waals surface area contributed by atoms with E-state index in [1.165, 1.54) is 0 Å². The average molecular weight is 660 g/mol. The number of nitrogens with one attached hydrogen (secondary N) is 2. The van der Waals surface area contributed by atoms with Crippen LogP contribution in [0.3, 0.4) is 0 Å². The number of carbonyl (C=O) groups excluding carboxylic acids is 5. The molecule has 1 aromatic heterocycles. The maximum Gasteiger partial charge on any atom is 0.417 e. The number of amides is 4. The van der Waals surface area contributed by atoms with Gasteiger partial charge in [-0.1, -0.05) is 30.3 Å². The quantitative estimate of drug-likeness (QED) is 0.190. The second kappa shape index (κ2) is 15.2. The Morgan fingerprint density at radius 2 is 1.80 bits per heavy atom. The molecule has 2 heterocycles. The first-order valence-electron chi connectivity index (χ1n) is 14.5. The summed E-state index contributed by atoms with van der Waals surface area (Å²) < 4.78 is 16.0. The molecule has 3 rings (SSSR count). The number of rotatable bonds is 12. The minimum atomic E-state index is -1.31. The third-order valence-electron chi connectivity index (χ3n) is 6.96. The molecule has 2 aromatic rings. The largest absolute Gasteiger partial charge is 0.461 e. The van der Waals surface area contributed by atoms with E-state index in [9.17, 15) is 24.0 Å². The molecule has 0 unspecified atom stereocenters. The van der Waals surface area contributed by atoms with Crippen LogP contribution in [0.25, 0.3) is 0 Å². The lowest BCUT2D eigenvalue weighted by atomic mass is 10.0. The standard InChI is InChI=1S/C30H41N7O8S/c1-8-43-27(40)19-15(2)23(31)36-25(35-19)20(33-14-18(24(32)38)34-28(41)45-30(4,5)6)22(46-7)26(39)37-16(3)21(44-29(37)42)17-12-10-9-11-13-17/h9-13,16,18,20-22,33H,8,14H2,1-7H3,(H2,32,38)(H,34,41)(H2,31,35,36)/t16-,18-,20-,21-,22+/m0/s1. The molecular weight excluding hydrogens is 618 g/mol. The molecule has 0 radical (unpaired) electrons. The molecule has 1 aromatic carbocycles. The number of ether oxygens (including phenoxy) is 3. The molecule has 16 heteroatoms. The number of primary amides is 1. The van der Waals surface area contributed by atoms with Gasteiger partial charge in [0.05, 0.1) is 18.7 Å². The van der Waals surface area contributed by atoms with Crippen LogP contribution in [-0.4, -0.2) is 87.2 Å². The van der Waals surface area contributed by atoms with Crippen LogP contribution < -0.4 is 22.1 Å². The van der Waals surface area contributed by atoms with E-state index in [4.69, 9.17) is 25.7 Å². The zero-order valence-electron chi connectivity index (χ0n) is 26.9. The summed E-state index contributed by atoms with van der Waals surface area (Å²) in [5.74, 6) is -2.46. The second-order valence-electron chi connectivity index (χ2n) is 11.5. The number of esters is 1. The van der Waals surface area contributed by atoms with Gasteiger partial charge in [-0.3, -0.25) is 9.59 Å². The van der Waals surface area contributed by atoms with Crippen molar-refractivity contribution in [1.82, 2.24) is 25.5 Å². The number of nitrogens with zero attached hydrogens (tertiary/aromatic N) is 3. The third-order valence-corrected chi connectivity index (χ3v) is 7.94. The van der Waals surface area contributed by atoms with Crippen molar-refractivity contribution in [2.24, 2.45) is 5.73 Å². The van der Waals surface area contributed by atoms with Gasteiger partial charge in [0, 0.05) is 12.1 Å². The summed E-state index contributed by atoms with van der Waals surface area (Å²) in [5, 5.41) is 4.32. The highest BCUT2D eigenvalue weighted by molar-refractivity contribution is 8.00. The van der Waals surface area contributed by atoms with Crippen LogP contribution >= 0.6 is 11.8 Å². The fourth-order valence-corrected chi connectivity index (χ4v) is 5.51. The number of hydrogen-bond acceptors (Lipinski definition) is 13. The number of alkyl carbamates (subject to hydrolysis) is 1. The number of nitrogens with two attached hydrogens (primary N) is 2. The van der Waals surface area contributed by atoms with Gasteiger partial charge in [-0.05, 0) is 53.4 Å². The maximum absolute atomic E-state index is 14.2. The lowest BCUT2D eigenvalue weighted by molar-refractivity contribution is -0.129. The van der Waals surface area contributed by atoms with Gasteiger partial charge in [-0.25, -0.2) is 29.3 Å². The number of carbonyl (C=O) groups is 5. The molecule has 1 aliphatic rings. The lowest BCUT2D eigenvalue weighted by Crippen LogP contribution is -2.54. The fraction of sp³-hybridized carbons (Fsp3) is 0.500. The van der Waals surface area contributed by atoms with E-state index in [-0.39, 0.29) is 36.1 Å². The molecule has 15 nitrogen and oxygen atoms in total. The van der Waals surface area contributed by atoms with Crippen LogP contribution in [0, 0.1) is 6.92 Å². The lowest BCUT2D eigenvalue weighted by Gasteiger charge is -2.30. The first-order valence-corrected chi connectivity index (χ1v) is 15.8. The zero-order valence-corrected chi connectivity index (χ0v) is 27.7. The van der Waals surface area contributed by atoms with Crippen LogP contribution in [0.2, 0.25) is 0 Å². The van der Waals surface area contributed by atoms with E-state index < -0.39 is 65.1 Å². The van der Waals surface area contributed by atoms with Crippen molar-refractivity contribution in [3.05, 3.63) is 53.0 Å². The summed E-state index contributed by atoms with van der Waals surface area (Å²) in [6.45, 7) is 9.58. The molecule has 6 N–H and O–H groups in total. The molecule has 0 aliphatic carbocycles. The van der Waals surface area contributed by atoms with Gasteiger partial charge in [-0.2, -0.15) is 0 Å². The zero-order chi connectivity index (χ0) is 34.3. The van der Waals surface area contributed by atoms with Gasteiger partial charge in [0.15, 0.2) is 5.69 Å². The van der Waals surface area contributed by atoms with Gasteiger partial charge in [0.2, 0.25) is 11.8 Å². The van der Waals surface area contributed by atoms with Crippen LogP contribution in [0.4, 0.5) is 15.4 Å². The Hall–Kier alpha value is -4.44. The number of aromatic nitrogens is 2. The summed E-state index contributed by atoms with van der Waals surface area (Å²) in [4.78, 5) is 74.7. The number of imide groups is 1. The van der Waals surface area contributed by atoms with Crippen LogP contribution in [0.1, 0.15) is 74.2 Å². The minimum absolute atomic E-state index is 0.0522. The van der Waals surface area contributed by atoms with Crippen LogP contribution in [0.5, 0.6) is 0 Å². The summed E-state index contributed by atoms with van der Waals surface area (Å²) in [6, 6.07) is 5.84. The normalized spacial score (nSPS) is 18.2. The van der Waals surface area contributed by atoms with Crippen molar-refractivity contribution in [3.8, 4) is 0 Å². The fourth-order valence-electron chi connectivity index (χ4n) is 4.70. The molecule has 1 aliphatic heterocycles. The van der Waals surface area contributed by atoms with Gasteiger partial charge in [0.1, 0.15) is 34.6 Å². The Morgan fingerprint density at radius 1 is 1.15 bits per heavy atom. The minimum Gasteiger partial charge on any atom is -0.461 e. The first kappa shape index (κ1) is 36.0. The van der Waals surface area contributed by atoms with Gasteiger partial charge < -0.3 is 36.3 Å². The highest BCUT2D eigenvalue weighted by Crippen LogP contribution is 2.36. The third kappa shape index (κ3) is 8.63. The molecule has 0 spiro atoms. The number of anilines is 1. The second-order valence-corrected chi connectivity index (χ2v) is 12.4. The molecule has 0 saturated carbocycles. The molecule has 46 heavy (non-hydrogen) atoms. The topological polar surface area (TPSA) is 218 Å².